The Labute approximate surface area is 237 Å². The second-order valence-corrected chi connectivity index (χ2v) is 11.6. The third-order valence-corrected chi connectivity index (χ3v) is 8.09. The molecular formula is C30H45ClN8. The molecule has 0 spiro atoms. The zero-order valence-electron chi connectivity index (χ0n) is 23.8. The molecule has 0 radical (unpaired) electrons. The Balaban J connectivity index is 0.000000149. The lowest BCUT2D eigenvalue weighted by molar-refractivity contribution is 0.201. The smallest absolute Gasteiger partial charge is 0.201 e. The molecule has 6 rings (SSSR count). The lowest BCUT2D eigenvalue weighted by atomic mass is 9.90. The van der Waals surface area contributed by atoms with Crippen molar-refractivity contribution in [3.63, 3.8) is 0 Å². The van der Waals surface area contributed by atoms with E-state index in [2.05, 4.69) is 69.3 Å². The van der Waals surface area contributed by atoms with Crippen molar-refractivity contribution < 1.29 is 0 Å². The molecule has 4 aromatic rings. The lowest BCUT2D eigenvalue weighted by Gasteiger charge is -2.36. The predicted molar refractivity (Wildman–Crippen MR) is 164 cm³/mol. The van der Waals surface area contributed by atoms with Crippen LogP contribution in [-0.2, 0) is 0 Å². The number of nitrogens with two attached hydrogens (primary N) is 1. The molecule has 2 aromatic carbocycles. The molecule has 2 saturated carbocycles. The molecule has 0 unspecified atom stereocenters. The predicted octanol–water partition coefficient (Wildman–Crippen LogP) is 5.88. The lowest BCUT2D eigenvalue weighted by Crippen LogP contribution is -2.46. The summed E-state index contributed by atoms with van der Waals surface area (Å²) < 4.78 is 0. The number of likely N-dealkylation sites (N-methyl/N-ethyl adjacent to an activating group) is 2. The van der Waals surface area contributed by atoms with E-state index in [1.54, 1.807) is 0 Å². The fraction of sp³-hybridized carbons (Fsp3) is 0.533. The Morgan fingerprint density at radius 3 is 1.85 bits per heavy atom. The summed E-state index contributed by atoms with van der Waals surface area (Å²) in [6.45, 7) is 0. The first-order chi connectivity index (χ1) is 18.8. The van der Waals surface area contributed by atoms with Crippen LogP contribution >= 0.6 is 11.6 Å². The van der Waals surface area contributed by atoms with E-state index in [0.717, 1.165) is 28.0 Å². The van der Waals surface area contributed by atoms with Gasteiger partial charge in [0, 0.05) is 24.2 Å². The number of nitrogens with one attached hydrogen (secondary N) is 3. The highest BCUT2D eigenvalue weighted by Gasteiger charge is 2.27. The molecule has 0 bridgehead atoms. The molecule has 2 aromatic heterocycles. The summed E-state index contributed by atoms with van der Waals surface area (Å²) in [7, 11) is 8.58. The maximum atomic E-state index is 5.94. The van der Waals surface area contributed by atoms with Gasteiger partial charge in [0.25, 0.3) is 0 Å². The average Bonchev–Trinajstić information content (AvgIpc) is 3.51. The molecule has 2 aliphatic carbocycles. The normalized spacial score (nSPS) is 23.3. The molecule has 9 heteroatoms. The van der Waals surface area contributed by atoms with Crippen LogP contribution < -0.4 is 11.1 Å². The van der Waals surface area contributed by atoms with Crippen molar-refractivity contribution in [1.29, 1.82) is 0 Å². The third kappa shape index (κ3) is 8.18. The summed E-state index contributed by atoms with van der Waals surface area (Å²) in [5, 5.41) is 4.04. The number of halogens is 1. The number of anilines is 1. The molecule has 2 heterocycles. The van der Waals surface area contributed by atoms with E-state index in [4.69, 9.17) is 17.3 Å². The van der Waals surface area contributed by atoms with Crippen LogP contribution in [0.4, 0.5) is 5.95 Å². The van der Waals surface area contributed by atoms with E-state index in [1.807, 2.05) is 42.5 Å². The van der Waals surface area contributed by atoms with Crippen LogP contribution in [0.2, 0.25) is 5.28 Å². The minimum atomic E-state index is 0.420. The first-order valence-electron chi connectivity index (χ1n) is 14.2. The molecule has 5 N–H and O–H groups in total. The van der Waals surface area contributed by atoms with Gasteiger partial charge < -0.3 is 30.8 Å². The van der Waals surface area contributed by atoms with E-state index in [9.17, 15) is 0 Å². The summed E-state index contributed by atoms with van der Waals surface area (Å²) in [6, 6.07) is 18.0. The standard InChI is InChI=1S/C15H22N4.C8H18N2.C7H5ClN2/c1-19(2)14-10-6-5-9-13(14)18-15-16-11-7-3-4-8-12(11)17-15;1-10(2)8-6-4-3-5-7(8)9;8-7-9-5-3-1-2-4-6(5)10-7/h3-4,7-8,13-14H,5-6,9-10H2,1-2H3,(H2,16,17,18);7-8H,3-6,9H2,1-2H3;1-4H,(H,9,10)/t13-,14-;7-,8-;/m11./s1. The number of benzene rings is 2. The van der Waals surface area contributed by atoms with Gasteiger partial charge in [-0.3, -0.25) is 0 Å². The molecule has 2 fully saturated rings. The third-order valence-electron chi connectivity index (χ3n) is 7.91. The van der Waals surface area contributed by atoms with Crippen LogP contribution in [0.5, 0.6) is 0 Å². The van der Waals surface area contributed by atoms with Crippen LogP contribution in [0, 0.1) is 0 Å². The highest BCUT2D eigenvalue weighted by molar-refractivity contribution is 6.29. The number of nitrogens with zero attached hydrogens (tertiary/aromatic N) is 4. The zero-order valence-corrected chi connectivity index (χ0v) is 24.6. The molecule has 4 atom stereocenters. The number of imidazole rings is 2. The number of aromatic amines is 2. The fourth-order valence-corrected chi connectivity index (χ4v) is 5.99. The van der Waals surface area contributed by atoms with E-state index < -0.39 is 0 Å². The minimum absolute atomic E-state index is 0.420. The van der Waals surface area contributed by atoms with E-state index >= 15 is 0 Å². The van der Waals surface area contributed by atoms with Crippen molar-refractivity contribution in [2.24, 2.45) is 5.73 Å². The van der Waals surface area contributed by atoms with Gasteiger partial charge in [0.15, 0.2) is 0 Å². The van der Waals surface area contributed by atoms with Crippen molar-refractivity contribution in [1.82, 2.24) is 29.7 Å². The van der Waals surface area contributed by atoms with Gasteiger partial charge >= 0.3 is 0 Å². The van der Waals surface area contributed by atoms with Gasteiger partial charge in [-0.1, -0.05) is 49.9 Å². The van der Waals surface area contributed by atoms with Crippen molar-refractivity contribution in [3.8, 4) is 0 Å². The van der Waals surface area contributed by atoms with Crippen LogP contribution in [0.3, 0.4) is 0 Å². The topological polar surface area (TPSA) is 102 Å². The summed E-state index contributed by atoms with van der Waals surface area (Å²) in [6.07, 6.45) is 10.3. The summed E-state index contributed by atoms with van der Waals surface area (Å²) in [4.78, 5) is 19.5. The number of para-hydroxylation sites is 4. The summed E-state index contributed by atoms with van der Waals surface area (Å²) in [5.41, 5.74) is 9.96. The van der Waals surface area contributed by atoms with Crippen molar-refractivity contribution >= 4 is 39.6 Å². The van der Waals surface area contributed by atoms with Crippen LogP contribution in [0.25, 0.3) is 22.1 Å². The zero-order chi connectivity index (χ0) is 27.8. The number of fused-ring (bicyclic) bond motifs is 2. The number of H-pyrrole nitrogens is 2. The molecule has 2 aliphatic rings. The Hall–Kier alpha value is -2.65. The highest BCUT2D eigenvalue weighted by atomic mass is 35.5. The molecular weight excluding hydrogens is 508 g/mol. The molecule has 0 saturated heterocycles. The average molecular weight is 553 g/mol. The van der Waals surface area contributed by atoms with Gasteiger partial charge in [0.2, 0.25) is 11.2 Å². The van der Waals surface area contributed by atoms with Crippen LogP contribution in [0.1, 0.15) is 51.4 Å². The van der Waals surface area contributed by atoms with Gasteiger partial charge in [-0.2, -0.15) is 0 Å². The van der Waals surface area contributed by atoms with Gasteiger partial charge in [0.05, 0.1) is 22.1 Å². The largest absolute Gasteiger partial charge is 0.351 e. The van der Waals surface area contributed by atoms with Crippen LogP contribution in [-0.4, -0.2) is 82.1 Å². The number of hydrogen-bond acceptors (Lipinski definition) is 6. The molecule has 0 amide bonds. The quantitative estimate of drug-likeness (QED) is 0.252. The van der Waals surface area contributed by atoms with E-state index in [0.29, 0.717) is 29.5 Å². The summed E-state index contributed by atoms with van der Waals surface area (Å²) in [5.74, 6) is 0.903. The monoisotopic (exact) mass is 552 g/mol. The Morgan fingerprint density at radius 1 is 0.744 bits per heavy atom. The maximum Gasteiger partial charge on any atom is 0.201 e. The molecule has 8 nitrogen and oxygen atoms in total. The van der Waals surface area contributed by atoms with Gasteiger partial charge in [-0.25, -0.2) is 9.97 Å². The minimum Gasteiger partial charge on any atom is -0.351 e. The SMILES string of the molecule is CN(C)[C@@H]1CCCC[C@H]1N.CN(C)[C@@H]1CCCC[C@H]1Nc1nc2ccccc2[nH]1.Clc1nc2ccccc2[nH]1. The van der Waals surface area contributed by atoms with Crippen molar-refractivity contribution in [2.45, 2.75) is 75.5 Å². The number of hydrogen-bond donors (Lipinski definition) is 4. The Morgan fingerprint density at radius 2 is 1.28 bits per heavy atom. The van der Waals surface area contributed by atoms with E-state index in [1.165, 1.54) is 51.4 Å². The number of aromatic nitrogens is 4. The van der Waals surface area contributed by atoms with E-state index in [-0.39, 0.29) is 0 Å². The first-order valence-corrected chi connectivity index (χ1v) is 14.6. The van der Waals surface area contributed by atoms with Gasteiger partial charge in [-0.05, 0) is 89.7 Å². The van der Waals surface area contributed by atoms with Crippen molar-refractivity contribution in [3.05, 3.63) is 53.8 Å². The first kappa shape index (κ1) is 29.3. The maximum absolute atomic E-state index is 5.94. The molecule has 212 valence electrons. The summed E-state index contributed by atoms with van der Waals surface area (Å²) >= 11 is 5.62. The Bertz CT molecular complexity index is 1220. The van der Waals surface area contributed by atoms with Gasteiger partial charge in [-0.15, -0.1) is 0 Å². The Kier molecular flexibility index (Phi) is 10.6. The fourth-order valence-electron chi connectivity index (χ4n) is 5.80. The second kappa shape index (κ2) is 14.1. The number of rotatable bonds is 4. The molecule has 39 heavy (non-hydrogen) atoms. The van der Waals surface area contributed by atoms with Crippen molar-refractivity contribution in [2.75, 3.05) is 33.5 Å². The molecule has 0 aliphatic heterocycles. The highest BCUT2D eigenvalue weighted by Crippen LogP contribution is 2.25. The van der Waals surface area contributed by atoms with Crippen LogP contribution in [0.15, 0.2) is 48.5 Å². The van der Waals surface area contributed by atoms with Gasteiger partial charge in [0.1, 0.15) is 0 Å². The second-order valence-electron chi connectivity index (χ2n) is 11.2.